The number of benzene rings is 1. The maximum Gasteiger partial charge on any atom is 0.124 e. The summed E-state index contributed by atoms with van der Waals surface area (Å²) in [7, 11) is 0. The molecule has 1 aliphatic rings. The van der Waals surface area contributed by atoms with Gasteiger partial charge in [-0.1, -0.05) is 25.3 Å². The second kappa shape index (κ2) is 6.41. The largest absolute Gasteiger partial charge is 0.329 e. The van der Waals surface area contributed by atoms with E-state index in [2.05, 4.69) is 0 Å². The van der Waals surface area contributed by atoms with Crippen molar-refractivity contribution in [1.29, 1.82) is 0 Å². The Balaban J connectivity index is 1.98. The molecule has 0 radical (unpaired) electrons. The molecule has 1 aliphatic carbocycles. The van der Waals surface area contributed by atoms with Crippen molar-refractivity contribution in [3.8, 4) is 0 Å². The van der Waals surface area contributed by atoms with Gasteiger partial charge in [-0.25, -0.2) is 4.39 Å². The molecule has 0 spiro atoms. The lowest BCUT2D eigenvalue weighted by molar-refractivity contribution is 0.351. The minimum Gasteiger partial charge on any atom is -0.329 e. The van der Waals surface area contributed by atoms with Crippen LogP contribution < -0.4 is 5.73 Å². The first-order valence-corrected chi connectivity index (χ1v) is 7.30. The number of hydrogen-bond donors (Lipinski definition) is 1. The third-order valence-corrected chi connectivity index (χ3v) is 4.90. The first kappa shape index (κ1) is 12.9. The van der Waals surface area contributed by atoms with Crippen LogP contribution in [-0.2, 0) is 0 Å². The van der Waals surface area contributed by atoms with Gasteiger partial charge in [0.15, 0.2) is 0 Å². The van der Waals surface area contributed by atoms with E-state index in [-0.39, 0.29) is 5.82 Å². The summed E-state index contributed by atoms with van der Waals surface area (Å²) in [5.74, 6) is 0.552. The second-order valence-electron chi connectivity index (χ2n) is 4.75. The van der Waals surface area contributed by atoms with E-state index >= 15 is 0 Å². The number of rotatable bonds is 4. The van der Waals surface area contributed by atoms with Gasteiger partial charge in [-0.15, -0.1) is 11.8 Å². The van der Waals surface area contributed by atoms with Crippen LogP contribution in [0.4, 0.5) is 4.39 Å². The molecule has 0 aliphatic heterocycles. The zero-order valence-corrected chi connectivity index (χ0v) is 10.9. The SMILES string of the molecule is NCC(Sc1cccc(F)c1)C1CCCCC1. The quantitative estimate of drug-likeness (QED) is 0.825. The molecule has 2 rings (SSSR count). The zero-order valence-electron chi connectivity index (χ0n) is 10.1. The van der Waals surface area contributed by atoms with Crippen molar-refractivity contribution in [3.05, 3.63) is 30.1 Å². The molecule has 94 valence electrons. The average Bonchev–Trinajstić information content (AvgIpc) is 2.37. The molecule has 1 aromatic carbocycles. The lowest BCUT2D eigenvalue weighted by Gasteiger charge is -2.28. The maximum absolute atomic E-state index is 13.1. The van der Waals surface area contributed by atoms with Crippen LogP contribution in [-0.4, -0.2) is 11.8 Å². The molecule has 3 heteroatoms. The Morgan fingerprint density at radius 2 is 2.06 bits per heavy atom. The van der Waals surface area contributed by atoms with Gasteiger partial charge in [-0.3, -0.25) is 0 Å². The van der Waals surface area contributed by atoms with Crippen molar-refractivity contribution in [1.82, 2.24) is 0 Å². The molecule has 1 atom stereocenters. The van der Waals surface area contributed by atoms with E-state index in [1.165, 1.54) is 38.2 Å². The molecular weight excluding hydrogens is 233 g/mol. The summed E-state index contributed by atoms with van der Waals surface area (Å²) in [5, 5.41) is 0.442. The van der Waals surface area contributed by atoms with E-state index in [4.69, 9.17) is 5.73 Å². The van der Waals surface area contributed by atoms with Gasteiger partial charge in [0, 0.05) is 16.7 Å². The van der Waals surface area contributed by atoms with E-state index in [0.717, 1.165) is 4.90 Å². The first-order valence-electron chi connectivity index (χ1n) is 6.42. The fraction of sp³-hybridized carbons (Fsp3) is 0.571. The van der Waals surface area contributed by atoms with Gasteiger partial charge in [0.2, 0.25) is 0 Å². The van der Waals surface area contributed by atoms with E-state index in [1.807, 2.05) is 6.07 Å². The standard InChI is InChI=1S/C14H20FNS/c15-12-7-4-8-13(9-12)17-14(10-16)11-5-2-1-3-6-11/h4,7-9,11,14H,1-3,5-6,10,16H2. The minimum atomic E-state index is -0.158. The zero-order chi connectivity index (χ0) is 12.1. The molecule has 0 heterocycles. The topological polar surface area (TPSA) is 26.0 Å². The van der Waals surface area contributed by atoms with E-state index in [0.29, 0.717) is 17.7 Å². The van der Waals surface area contributed by atoms with Gasteiger partial charge >= 0.3 is 0 Å². The van der Waals surface area contributed by atoms with Crippen molar-refractivity contribution < 1.29 is 4.39 Å². The van der Waals surface area contributed by atoms with Crippen LogP contribution in [0.1, 0.15) is 32.1 Å². The van der Waals surface area contributed by atoms with Crippen LogP contribution in [0.15, 0.2) is 29.2 Å². The monoisotopic (exact) mass is 253 g/mol. The molecule has 1 fully saturated rings. The van der Waals surface area contributed by atoms with Crippen molar-refractivity contribution in [2.24, 2.45) is 11.7 Å². The van der Waals surface area contributed by atoms with Gasteiger partial charge < -0.3 is 5.73 Å². The first-order chi connectivity index (χ1) is 8.29. The van der Waals surface area contributed by atoms with Gasteiger partial charge in [0.05, 0.1) is 0 Å². The van der Waals surface area contributed by atoms with Gasteiger partial charge in [0.1, 0.15) is 5.82 Å². The molecule has 17 heavy (non-hydrogen) atoms. The number of halogens is 1. The van der Waals surface area contributed by atoms with Crippen molar-refractivity contribution >= 4 is 11.8 Å². The summed E-state index contributed by atoms with van der Waals surface area (Å²) in [6.07, 6.45) is 6.57. The molecule has 0 bridgehead atoms. The highest BCUT2D eigenvalue weighted by Crippen LogP contribution is 2.35. The molecule has 0 amide bonds. The molecule has 2 N–H and O–H groups in total. The summed E-state index contributed by atoms with van der Waals surface area (Å²) in [6.45, 7) is 0.686. The molecule has 1 unspecified atom stereocenters. The summed E-state index contributed by atoms with van der Waals surface area (Å²) in [4.78, 5) is 1.01. The number of nitrogens with two attached hydrogens (primary N) is 1. The third kappa shape index (κ3) is 3.71. The molecule has 1 aromatic rings. The molecular formula is C14H20FNS. The van der Waals surface area contributed by atoms with Gasteiger partial charge in [-0.2, -0.15) is 0 Å². The van der Waals surface area contributed by atoms with Crippen LogP contribution >= 0.6 is 11.8 Å². The lowest BCUT2D eigenvalue weighted by Crippen LogP contribution is -2.27. The van der Waals surface area contributed by atoms with E-state index in [1.54, 1.807) is 23.9 Å². The summed E-state index contributed by atoms with van der Waals surface area (Å²) in [6, 6.07) is 6.84. The lowest BCUT2D eigenvalue weighted by atomic mass is 9.87. The summed E-state index contributed by atoms with van der Waals surface area (Å²) >= 11 is 1.74. The number of thioether (sulfide) groups is 1. The van der Waals surface area contributed by atoms with Crippen LogP contribution in [0.25, 0.3) is 0 Å². The summed E-state index contributed by atoms with van der Waals surface area (Å²) < 4.78 is 13.1. The number of hydrogen-bond acceptors (Lipinski definition) is 2. The fourth-order valence-corrected chi connectivity index (χ4v) is 3.81. The molecule has 1 nitrogen and oxygen atoms in total. The predicted octanol–water partition coefficient (Wildman–Crippen LogP) is 3.83. The summed E-state index contributed by atoms with van der Waals surface area (Å²) in [5.41, 5.74) is 5.87. The van der Waals surface area contributed by atoms with Crippen LogP contribution in [0.3, 0.4) is 0 Å². The van der Waals surface area contributed by atoms with Crippen molar-refractivity contribution in [2.75, 3.05) is 6.54 Å². The van der Waals surface area contributed by atoms with Gasteiger partial charge in [-0.05, 0) is 37.0 Å². The third-order valence-electron chi connectivity index (χ3n) is 3.49. The van der Waals surface area contributed by atoms with Crippen LogP contribution in [0.5, 0.6) is 0 Å². The van der Waals surface area contributed by atoms with Crippen molar-refractivity contribution in [2.45, 2.75) is 42.2 Å². The fourth-order valence-electron chi connectivity index (χ4n) is 2.56. The van der Waals surface area contributed by atoms with Gasteiger partial charge in [0.25, 0.3) is 0 Å². The molecule has 1 saturated carbocycles. The Bertz CT molecular complexity index is 350. The average molecular weight is 253 g/mol. The Hall–Kier alpha value is -0.540. The molecule has 0 saturated heterocycles. The Morgan fingerprint density at radius 3 is 2.71 bits per heavy atom. The van der Waals surface area contributed by atoms with Crippen LogP contribution in [0, 0.1) is 11.7 Å². The highest BCUT2D eigenvalue weighted by atomic mass is 32.2. The normalized spacial score (nSPS) is 19.2. The van der Waals surface area contributed by atoms with E-state index < -0.39 is 0 Å². The smallest absolute Gasteiger partial charge is 0.124 e. The van der Waals surface area contributed by atoms with E-state index in [9.17, 15) is 4.39 Å². The Labute approximate surface area is 107 Å². The maximum atomic E-state index is 13.1. The highest BCUT2D eigenvalue weighted by molar-refractivity contribution is 8.00. The highest BCUT2D eigenvalue weighted by Gasteiger charge is 2.23. The second-order valence-corrected chi connectivity index (χ2v) is 6.06. The molecule has 0 aromatic heterocycles. The van der Waals surface area contributed by atoms with Crippen molar-refractivity contribution in [3.63, 3.8) is 0 Å². The Morgan fingerprint density at radius 1 is 1.29 bits per heavy atom. The van der Waals surface area contributed by atoms with Crippen LogP contribution in [0.2, 0.25) is 0 Å². The Kier molecular flexibility index (Phi) is 4.86. The predicted molar refractivity (Wildman–Crippen MR) is 71.7 cm³/mol. The minimum absolute atomic E-state index is 0.158.